The largest absolute Gasteiger partial charge is 0.350 e. The van der Waals surface area contributed by atoms with E-state index < -0.39 is 0 Å². The molecule has 0 spiro atoms. The zero-order chi connectivity index (χ0) is 14.9. The van der Waals surface area contributed by atoms with Gasteiger partial charge in [0.1, 0.15) is 5.52 Å². The highest BCUT2D eigenvalue weighted by Gasteiger charge is 2.09. The molecule has 0 aliphatic heterocycles. The van der Waals surface area contributed by atoms with Gasteiger partial charge in [-0.15, -0.1) is 0 Å². The summed E-state index contributed by atoms with van der Waals surface area (Å²) in [7, 11) is 0. The first kappa shape index (κ1) is 12.8. The highest BCUT2D eigenvalue weighted by molar-refractivity contribution is 6.06. The van der Waals surface area contributed by atoms with E-state index in [1.165, 1.54) is 4.68 Å². The average molecular weight is 290 g/mol. The number of aromatic amines is 1. The van der Waals surface area contributed by atoms with Crippen molar-refractivity contribution < 1.29 is 0 Å². The highest BCUT2D eigenvalue weighted by Crippen LogP contribution is 2.21. The Hall–Kier alpha value is -2.95. The summed E-state index contributed by atoms with van der Waals surface area (Å²) in [6, 6.07) is 11.8. The van der Waals surface area contributed by atoms with Gasteiger partial charge in [-0.3, -0.25) is 9.78 Å². The van der Waals surface area contributed by atoms with E-state index in [0.717, 1.165) is 28.3 Å². The third kappa shape index (κ3) is 2.07. The zero-order valence-corrected chi connectivity index (χ0v) is 11.9. The molecule has 0 saturated carbocycles. The Kier molecular flexibility index (Phi) is 2.96. The molecule has 3 aromatic heterocycles. The van der Waals surface area contributed by atoms with Gasteiger partial charge in [-0.2, -0.15) is 5.10 Å². The van der Waals surface area contributed by atoms with Crippen LogP contribution in [-0.2, 0) is 13.0 Å². The second-order valence-electron chi connectivity index (χ2n) is 5.24. The quantitative estimate of drug-likeness (QED) is 0.630. The van der Waals surface area contributed by atoms with Crippen molar-refractivity contribution >= 4 is 21.8 Å². The molecule has 22 heavy (non-hydrogen) atoms. The van der Waals surface area contributed by atoms with Crippen molar-refractivity contribution in [3.8, 4) is 0 Å². The Morgan fingerprint density at radius 2 is 1.86 bits per heavy atom. The van der Waals surface area contributed by atoms with Gasteiger partial charge in [0.25, 0.3) is 5.56 Å². The number of rotatable bonds is 3. The molecule has 0 aliphatic carbocycles. The fraction of sp³-hybridized carbons (Fsp3) is 0.118. The predicted molar refractivity (Wildman–Crippen MR) is 85.8 cm³/mol. The zero-order valence-electron chi connectivity index (χ0n) is 11.9. The van der Waals surface area contributed by atoms with Gasteiger partial charge in [-0.05, 0) is 30.2 Å². The first-order valence-electron chi connectivity index (χ1n) is 7.18. The highest BCUT2D eigenvalue weighted by atomic mass is 16.1. The molecule has 0 saturated heterocycles. The molecule has 0 unspecified atom stereocenters. The summed E-state index contributed by atoms with van der Waals surface area (Å²) >= 11 is 0. The van der Waals surface area contributed by atoms with Gasteiger partial charge in [0.2, 0.25) is 0 Å². The Bertz CT molecular complexity index is 1000. The van der Waals surface area contributed by atoms with Crippen molar-refractivity contribution in [2.24, 2.45) is 0 Å². The van der Waals surface area contributed by atoms with Crippen LogP contribution in [0.4, 0.5) is 0 Å². The minimum Gasteiger partial charge on any atom is -0.350 e. The number of nitrogens with one attached hydrogen (secondary N) is 1. The van der Waals surface area contributed by atoms with Crippen LogP contribution in [0.15, 0.2) is 59.8 Å². The molecular weight excluding hydrogens is 276 g/mol. The predicted octanol–water partition coefficient (Wildman–Crippen LogP) is 2.52. The van der Waals surface area contributed by atoms with E-state index in [1.54, 1.807) is 18.6 Å². The number of benzene rings is 1. The molecule has 0 fully saturated rings. The van der Waals surface area contributed by atoms with Crippen LogP contribution in [-0.4, -0.2) is 19.7 Å². The summed E-state index contributed by atoms with van der Waals surface area (Å²) in [4.78, 5) is 19.8. The summed E-state index contributed by atoms with van der Waals surface area (Å²) < 4.78 is 1.51. The van der Waals surface area contributed by atoms with E-state index in [9.17, 15) is 4.79 Å². The lowest BCUT2D eigenvalue weighted by atomic mass is 10.2. The molecule has 0 amide bonds. The number of aryl methyl sites for hydroxylation is 2. The SMILES string of the molecule is O=c1c2[nH]c3ccccc3c2cnn1CCc1ccncc1. The lowest BCUT2D eigenvalue weighted by molar-refractivity contribution is 0.583. The second-order valence-corrected chi connectivity index (χ2v) is 5.24. The van der Waals surface area contributed by atoms with Crippen molar-refractivity contribution in [2.75, 3.05) is 0 Å². The molecule has 0 bridgehead atoms. The molecule has 0 aliphatic rings. The monoisotopic (exact) mass is 290 g/mol. The molecule has 108 valence electrons. The summed E-state index contributed by atoms with van der Waals surface area (Å²) in [5.41, 5.74) is 2.64. The summed E-state index contributed by atoms with van der Waals surface area (Å²) in [5, 5.41) is 6.22. The van der Waals surface area contributed by atoms with Gasteiger partial charge in [0.15, 0.2) is 0 Å². The number of hydrogen-bond acceptors (Lipinski definition) is 3. The van der Waals surface area contributed by atoms with E-state index in [4.69, 9.17) is 0 Å². The van der Waals surface area contributed by atoms with Crippen molar-refractivity contribution in [1.29, 1.82) is 0 Å². The number of H-pyrrole nitrogens is 1. The first-order valence-corrected chi connectivity index (χ1v) is 7.18. The maximum absolute atomic E-state index is 12.6. The maximum Gasteiger partial charge on any atom is 0.291 e. The van der Waals surface area contributed by atoms with Crippen LogP contribution in [0.2, 0.25) is 0 Å². The number of fused-ring (bicyclic) bond motifs is 3. The topological polar surface area (TPSA) is 63.6 Å². The first-order chi connectivity index (χ1) is 10.8. The standard InChI is InChI=1S/C17H14N4O/c22-17-16-14(13-3-1-2-4-15(13)20-16)11-19-21(17)10-7-12-5-8-18-9-6-12/h1-6,8-9,11,20H,7,10H2. The van der Waals surface area contributed by atoms with Crippen LogP contribution in [0.1, 0.15) is 5.56 Å². The minimum atomic E-state index is -0.0808. The van der Waals surface area contributed by atoms with Crippen LogP contribution < -0.4 is 5.56 Å². The number of nitrogens with zero attached hydrogens (tertiary/aromatic N) is 3. The van der Waals surface area contributed by atoms with Crippen LogP contribution >= 0.6 is 0 Å². The number of para-hydroxylation sites is 1. The van der Waals surface area contributed by atoms with Crippen molar-refractivity contribution in [2.45, 2.75) is 13.0 Å². The molecule has 4 aromatic rings. The normalized spacial score (nSPS) is 11.3. The van der Waals surface area contributed by atoms with Crippen LogP contribution in [0.3, 0.4) is 0 Å². The third-order valence-corrected chi connectivity index (χ3v) is 3.88. The lowest BCUT2D eigenvalue weighted by Gasteiger charge is -2.04. The smallest absolute Gasteiger partial charge is 0.291 e. The second kappa shape index (κ2) is 5.11. The van der Waals surface area contributed by atoms with Gasteiger partial charge >= 0.3 is 0 Å². The van der Waals surface area contributed by atoms with E-state index in [2.05, 4.69) is 15.1 Å². The van der Waals surface area contributed by atoms with Crippen LogP contribution in [0.5, 0.6) is 0 Å². The third-order valence-electron chi connectivity index (χ3n) is 3.88. The fourth-order valence-electron chi connectivity index (χ4n) is 2.72. The number of hydrogen-bond donors (Lipinski definition) is 1. The molecule has 0 atom stereocenters. The molecular formula is C17H14N4O. The van der Waals surface area contributed by atoms with E-state index in [1.807, 2.05) is 36.4 Å². The van der Waals surface area contributed by atoms with Crippen LogP contribution in [0.25, 0.3) is 21.8 Å². The number of pyridine rings is 1. The minimum absolute atomic E-state index is 0.0808. The Labute approximate surface area is 126 Å². The summed E-state index contributed by atoms with van der Waals surface area (Å²) in [5.74, 6) is 0. The van der Waals surface area contributed by atoms with Gasteiger partial charge < -0.3 is 4.98 Å². The number of aromatic nitrogens is 4. The van der Waals surface area contributed by atoms with Gasteiger partial charge in [0.05, 0.1) is 6.20 Å². The summed E-state index contributed by atoms with van der Waals surface area (Å²) in [6.07, 6.45) is 6.03. The lowest BCUT2D eigenvalue weighted by Crippen LogP contribution is -2.23. The van der Waals surface area contributed by atoms with E-state index in [-0.39, 0.29) is 5.56 Å². The molecule has 0 radical (unpaired) electrons. The van der Waals surface area contributed by atoms with E-state index >= 15 is 0 Å². The molecule has 5 nitrogen and oxygen atoms in total. The van der Waals surface area contributed by atoms with Crippen LogP contribution in [0, 0.1) is 0 Å². The Morgan fingerprint density at radius 1 is 1.05 bits per heavy atom. The van der Waals surface area contributed by atoms with Gasteiger partial charge in [-0.1, -0.05) is 18.2 Å². The molecule has 5 heteroatoms. The Balaban J connectivity index is 1.75. The molecule has 1 N–H and O–H groups in total. The molecule has 4 rings (SSSR count). The van der Waals surface area contributed by atoms with Crippen molar-refractivity contribution in [1.82, 2.24) is 19.7 Å². The fourth-order valence-corrected chi connectivity index (χ4v) is 2.72. The van der Waals surface area contributed by atoms with Crippen molar-refractivity contribution in [3.63, 3.8) is 0 Å². The average Bonchev–Trinajstić information content (AvgIpc) is 2.95. The van der Waals surface area contributed by atoms with Crippen molar-refractivity contribution in [3.05, 3.63) is 70.9 Å². The Morgan fingerprint density at radius 3 is 2.73 bits per heavy atom. The summed E-state index contributed by atoms with van der Waals surface area (Å²) in [6.45, 7) is 0.550. The molecule has 1 aromatic carbocycles. The van der Waals surface area contributed by atoms with E-state index in [0.29, 0.717) is 12.1 Å². The molecule has 3 heterocycles. The maximum atomic E-state index is 12.6. The van der Waals surface area contributed by atoms with Gasteiger partial charge in [0, 0.05) is 35.2 Å². The van der Waals surface area contributed by atoms with Gasteiger partial charge in [-0.25, -0.2) is 4.68 Å².